The lowest BCUT2D eigenvalue weighted by molar-refractivity contribution is 0.0821. The molecule has 5 heteroatoms. The number of rotatable bonds is 6. The van der Waals surface area contributed by atoms with Crippen LogP contribution >= 0.6 is 0 Å². The Morgan fingerprint density at radius 2 is 2.00 bits per heavy atom. The molecule has 1 aromatic rings. The van der Waals surface area contributed by atoms with E-state index in [4.69, 9.17) is 0 Å². The van der Waals surface area contributed by atoms with Crippen molar-refractivity contribution in [3.63, 3.8) is 0 Å². The van der Waals surface area contributed by atoms with Crippen LogP contribution in [0.5, 0.6) is 0 Å². The molecule has 0 aromatic heterocycles. The average molecular weight is 284 g/mol. The fourth-order valence-corrected chi connectivity index (χ4v) is 2.48. The first-order valence-electron chi connectivity index (χ1n) is 7.21. The Morgan fingerprint density at radius 1 is 1.25 bits per heavy atom. The molecule has 2 rings (SSSR count). The molecular weight excluding hydrogens is 262 g/mol. The van der Waals surface area contributed by atoms with Crippen molar-refractivity contribution >= 4 is 0 Å². The lowest BCUT2D eigenvalue weighted by Crippen LogP contribution is -2.37. The number of halogens is 2. The van der Waals surface area contributed by atoms with Gasteiger partial charge in [-0.1, -0.05) is 12.1 Å². The van der Waals surface area contributed by atoms with Gasteiger partial charge in [0.1, 0.15) is 0 Å². The van der Waals surface area contributed by atoms with E-state index < -0.39 is 11.6 Å². The number of hydrogen-bond donors (Lipinski definition) is 2. The van der Waals surface area contributed by atoms with Crippen molar-refractivity contribution in [2.45, 2.75) is 31.9 Å². The highest BCUT2D eigenvalue weighted by atomic mass is 19.2. The van der Waals surface area contributed by atoms with Crippen LogP contribution in [0.15, 0.2) is 18.2 Å². The molecule has 3 nitrogen and oxygen atoms in total. The van der Waals surface area contributed by atoms with Crippen molar-refractivity contribution in [2.24, 2.45) is 0 Å². The van der Waals surface area contributed by atoms with Gasteiger partial charge in [-0.3, -0.25) is 0 Å². The van der Waals surface area contributed by atoms with E-state index in [0.717, 1.165) is 51.5 Å². The molecule has 1 aliphatic rings. The Labute approximate surface area is 118 Å². The van der Waals surface area contributed by atoms with Crippen molar-refractivity contribution in [2.75, 3.05) is 26.2 Å². The number of piperidine rings is 1. The highest BCUT2D eigenvalue weighted by molar-refractivity contribution is 5.18. The highest BCUT2D eigenvalue weighted by Crippen LogP contribution is 2.11. The van der Waals surface area contributed by atoms with Gasteiger partial charge in [0, 0.05) is 25.2 Å². The molecule has 1 saturated heterocycles. The number of nitrogens with zero attached hydrogens (tertiary/aromatic N) is 1. The van der Waals surface area contributed by atoms with E-state index in [1.165, 1.54) is 6.07 Å². The maximum atomic E-state index is 13.4. The monoisotopic (exact) mass is 284 g/mol. The predicted octanol–water partition coefficient (Wildman–Crippen LogP) is 1.90. The summed E-state index contributed by atoms with van der Waals surface area (Å²) in [5.41, 5.74) is 0.367. The summed E-state index contributed by atoms with van der Waals surface area (Å²) in [6.07, 6.45) is 2.52. The van der Waals surface area contributed by atoms with Crippen LogP contribution < -0.4 is 5.32 Å². The van der Waals surface area contributed by atoms with E-state index in [1.807, 2.05) is 0 Å². The van der Waals surface area contributed by atoms with Gasteiger partial charge in [0.05, 0.1) is 6.10 Å². The van der Waals surface area contributed by atoms with Crippen molar-refractivity contribution in [1.29, 1.82) is 0 Å². The topological polar surface area (TPSA) is 35.5 Å². The molecular formula is C15H22F2N2O. The summed E-state index contributed by atoms with van der Waals surface area (Å²) in [6.45, 7) is 3.99. The molecule has 1 aromatic carbocycles. The Morgan fingerprint density at radius 3 is 2.75 bits per heavy atom. The minimum absolute atomic E-state index is 0.139. The van der Waals surface area contributed by atoms with Crippen LogP contribution in [-0.2, 0) is 6.54 Å². The first kappa shape index (κ1) is 15.4. The lowest BCUT2D eigenvalue weighted by Gasteiger charge is -2.29. The number of aliphatic hydroxyl groups excluding tert-OH is 1. The van der Waals surface area contributed by atoms with Crippen LogP contribution in [0.4, 0.5) is 8.78 Å². The number of benzene rings is 1. The predicted molar refractivity (Wildman–Crippen MR) is 74.4 cm³/mol. The second-order valence-electron chi connectivity index (χ2n) is 5.32. The van der Waals surface area contributed by atoms with Crippen LogP contribution in [-0.4, -0.2) is 42.3 Å². The van der Waals surface area contributed by atoms with Crippen LogP contribution in [0, 0.1) is 11.6 Å². The molecule has 0 saturated carbocycles. The van der Waals surface area contributed by atoms with E-state index in [1.54, 1.807) is 6.07 Å². The van der Waals surface area contributed by atoms with Gasteiger partial charge in [0.2, 0.25) is 0 Å². The second kappa shape index (κ2) is 7.67. The smallest absolute Gasteiger partial charge is 0.163 e. The van der Waals surface area contributed by atoms with Crippen molar-refractivity contribution < 1.29 is 13.9 Å². The maximum Gasteiger partial charge on any atom is 0.163 e. The Hall–Kier alpha value is -1.04. The van der Waals surface area contributed by atoms with E-state index in [9.17, 15) is 13.9 Å². The molecule has 0 aliphatic carbocycles. The molecule has 0 bridgehead atoms. The first-order chi connectivity index (χ1) is 9.66. The summed E-state index contributed by atoms with van der Waals surface area (Å²) in [5.74, 6) is -1.55. The van der Waals surface area contributed by atoms with Crippen LogP contribution in [0.25, 0.3) is 0 Å². The third kappa shape index (κ3) is 4.51. The number of nitrogens with one attached hydrogen (secondary N) is 1. The van der Waals surface area contributed by atoms with Crippen molar-refractivity contribution in [1.82, 2.24) is 10.2 Å². The van der Waals surface area contributed by atoms with Gasteiger partial charge >= 0.3 is 0 Å². The molecule has 0 unspecified atom stereocenters. The zero-order valence-electron chi connectivity index (χ0n) is 11.6. The highest BCUT2D eigenvalue weighted by Gasteiger charge is 2.15. The van der Waals surface area contributed by atoms with Gasteiger partial charge in [-0.2, -0.15) is 0 Å². The summed E-state index contributed by atoms with van der Waals surface area (Å²) in [6, 6.07) is 4.25. The summed E-state index contributed by atoms with van der Waals surface area (Å²) < 4.78 is 26.4. The molecule has 0 spiro atoms. The quantitative estimate of drug-likeness (QED) is 0.783. The van der Waals surface area contributed by atoms with E-state index in [-0.39, 0.29) is 6.10 Å². The van der Waals surface area contributed by atoms with Gasteiger partial charge in [0.25, 0.3) is 0 Å². The molecule has 112 valence electrons. The second-order valence-corrected chi connectivity index (χ2v) is 5.32. The summed E-state index contributed by atoms with van der Waals surface area (Å²) in [7, 11) is 0. The van der Waals surface area contributed by atoms with Gasteiger partial charge in [-0.05, 0) is 38.4 Å². The zero-order chi connectivity index (χ0) is 14.4. The molecule has 1 heterocycles. The molecule has 2 N–H and O–H groups in total. The Kier molecular flexibility index (Phi) is 5.88. The van der Waals surface area contributed by atoms with Crippen molar-refractivity contribution in [3.05, 3.63) is 35.4 Å². The van der Waals surface area contributed by atoms with Gasteiger partial charge < -0.3 is 15.3 Å². The van der Waals surface area contributed by atoms with Gasteiger partial charge in [-0.15, -0.1) is 0 Å². The first-order valence-corrected chi connectivity index (χ1v) is 7.21. The standard InChI is InChI=1S/C15H22F2N2O/c16-14-4-1-3-12(15(14)17)11-18-7-2-8-19-9-5-13(20)6-10-19/h1,3-4,13,18,20H,2,5-11H2. The fraction of sp³-hybridized carbons (Fsp3) is 0.600. The van der Waals surface area contributed by atoms with Crippen LogP contribution in [0.1, 0.15) is 24.8 Å². The zero-order valence-corrected chi connectivity index (χ0v) is 11.6. The normalized spacial score (nSPS) is 17.6. The minimum Gasteiger partial charge on any atom is -0.393 e. The maximum absolute atomic E-state index is 13.4. The summed E-state index contributed by atoms with van der Waals surface area (Å²) >= 11 is 0. The molecule has 0 radical (unpaired) electrons. The molecule has 0 atom stereocenters. The lowest BCUT2D eigenvalue weighted by atomic mass is 10.1. The Bertz CT molecular complexity index is 420. The fourth-order valence-electron chi connectivity index (χ4n) is 2.48. The number of hydrogen-bond acceptors (Lipinski definition) is 3. The third-order valence-corrected chi connectivity index (χ3v) is 3.73. The third-order valence-electron chi connectivity index (χ3n) is 3.73. The average Bonchev–Trinajstić information content (AvgIpc) is 2.45. The molecule has 0 amide bonds. The van der Waals surface area contributed by atoms with Gasteiger partial charge in [0.15, 0.2) is 11.6 Å². The largest absolute Gasteiger partial charge is 0.393 e. The minimum atomic E-state index is -0.795. The Balaban J connectivity index is 1.61. The van der Waals surface area contributed by atoms with E-state index in [0.29, 0.717) is 12.1 Å². The summed E-state index contributed by atoms with van der Waals surface area (Å²) in [5, 5.41) is 12.5. The van der Waals surface area contributed by atoms with Crippen LogP contribution in [0.3, 0.4) is 0 Å². The van der Waals surface area contributed by atoms with Crippen molar-refractivity contribution in [3.8, 4) is 0 Å². The van der Waals surface area contributed by atoms with Gasteiger partial charge in [-0.25, -0.2) is 8.78 Å². The SMILES string of the molecule is OC1CCN(CCCNCc2cccc(F)c2F)CC1. The molecule has 1 fully saturated rings. The molecule has 20 heavy (non-hydrogen) atoms. The summed E-state index contributed by atoms with van der Waals surface area (Å²) in [4.78, 5) is 2.33. The number of aliphatic hydroxyl groups is 1. The van der Waals surface area contributed by atoms with Crippen LogP contribution in [0.2, 0.25) is 0 Å². The molecule has 1 aliphatic heterocycles. The van der Waals surface area contributed by atoms with E-state index >= 15 is 0 Å². The van der Waals surface area contributed by atoms with E-state index in [2.05, 4.69) is 10.2 Å². The number of likely N-dealkylation sites (tertiary alicyclic amines) is 1.